The number of rotatable bonds is 5. The van der Waals surface area contributed by atoms with Crippen molar-refractivity contribution >= 4 is 5.91 Å². The highest BCUT2D eigenvalue weighted by molar-refractivity contribution is 5.88. The van der Waals surface area contributed by atoms with Gasteiger partial charge >= 0.3 is 0 Å². The van der Waals surface area contributed by atoms with Crippen LogP contribution in [0.1, 0.15) is 43.7 Å². The van der Waals surface area contributed by atoms with Crippen LogP contribution in [0.2, 0.25) is 0 Å². The Balaban J connectivity index is 1.48. The topological polar surface area (TPSA) is 58.4 Å². The minimum Gasteiger partial charge on any atom is -0.350 e. The molecule has 0 bridgehead atoms. The van der Waals surface area contributed by atoms with E-state index in [1.165, 1.54) is 31.5 Å². The summed E-state index contributed by atoms with van der Waals surface area (Å²) in [6.45, 7) is 6.35. The maximum absolute atomic E-state index is 11.8. The second-order valence-corrected chi connectivity index (χ2v) is 7.14. The van der Waals surface area contributed by atoms with Crippen LogP contribution in [0.15, 0.2) is 24.3 Å². The van der Waals surface area contributed by atoms with E-state index in [-0.39, 0.29) is 5.91 Å². The van der Waals surface area contributed by atoms with Crippen LogP contribution in [-0.2, 0) is 17.9 Å². The molecule has 1 heterocycles. The van der Waals surface area contributed by atoms with Crippen LogP contribution in [0.4, 0.5) is 0 Å². The van der Waals surface area contributed by atoms with Gasteiger partial charge in [-0.1, -0.05) is 31.2 Å². The van der Waals surface area contributed by atoms with Gasteiger partial charge in [0.1, 0.15) is 0 Å². The standard InChI is InChI=1S/C18H27N3O/c1-14-3-2-10-21(12-14)13-16-6-4-15(5-7-16)11-20-17(22)18(19)8-9-18/h4-7,14H,2-3,8-13,19H2,1H3,(H,20,22). The van der Waals surface area contributed by atoms with Gasteiger partial charge in [-0.3, -0.25) is 9.69 Å². The smallest absolute Gasteiger partial charge is 0.240 e. The van der Waals surface area contributed by atoms with Crippen molar-refractivity contribution in [3.8, 4) is 0 Å². The lowest BCUT2D eigenvalue weighted by Crippen LogP contribution is -2.42. The highest BCUT2D eigenvalue weighted by atomic mass is 16.2. The fourth-order valence-electron chi connectivity index (χ4n) is 3.17. The molecular weight excluding hydrogens is 274 g/mol. The van der Waals surface area contributed by atoms with Gasteiger partial charge in [-0.25, -0.2) is 0 Å². The van der Waals surface area contributed by atoms with Crippen LogP contribution in [0, 0.1) is 5.92 Å². The Labute approximate surface area is 133 Å². The molecule has 22 heavy (non-hydrogen) atoms. The molecule has 4 nitrogen and oxygen atoms in total. The molecular formula is C18H27N3O. The van der Waals surface area contributed by atoms with E-state index in [0.717, 1.165) is 30.9 Å². The molecule has 0 aromatic heterocycles. The number of hydrogen-bond acceptors (Lipinski definition) is 3. The Bertz CT molecular complexity index is 522. The van der Waals surface area contributed by atoms with Gasteiger partial charge in [0, 0.05) is 19.6 Å². The van der Waals surface area contributed by atoms with Gasteiger partial charge in [-0.15, -0.1) is 0 Å². The molecule has 3 rings (SSSR count). The van der Waals surface area contributed by atoms with Gasteiger partial charge in [0.05, 0.1) is 5.54 Å². The van der Waals surface area contributed by atoms with Crippen LogP contribution < -0.4 is 11.1 Å². The number of hydrogen-bond donors (Lipinski definition) is 2. The van der Waals surface area contributed by atoms with E-state index in [4.69, 9.17) is 5.73 Å². The first kappa shape index (κ1) is 15.5. The lowest BCUT2D eigenvalue weighted by Gasteiger charge is -2.30. The minimum absolute atomic E-state index is 0.0149. The van der Waals surface area contributed by atoms with E-state index < -0.39 is 5.54 Å². The van der Waals surface area contributed by atoms with Crippen molar-refractivity contribution in [2.24, 2.45) is 11.7 Å². The first-order valence-electron chi connectivity index (χ1n) is 8.42. The number of nitrogens with one attached hydrogen (secondary N) is 1. The Morgan fingerprint density at radius 2 is 2.00 bits per heavy atom. The largest absolute Gasteiger partial charge is 0.350 e. The van der Waals surface area contributed by atoms with E-state index in [0.29, 0.717) is 6.54 Å². The molecule has 1 saturated heterocycles. The Morgan fingerprint density at radius 3 is 2.64 bits per heavy atom. The van der Waals surface area contributed by atoms with Gasteiger partial charge in [0.15, 0.2) is 0 Å². The Kier molecular flexibility index (Phi) is 4.50. The lowest BCUT2D eigenvalue weighted by atomic mass is 9.99. The summed E-state index contributed by atoms with van der Waals surface area (Å²) in [7, 11) is 0. The molecule has 1 unspecified atom stereocenters. The zero-order valence-electron chi connectivity index (χ0n) is 13.5. The summed E-state index contributed by atoms with van der Waals surface area (Å²) in [6, 6.07) is 8.57. The molecule has 1 aromatic rings. The summed E-state index contributed by atoms with van der Waals surface area (Å²) in [5.41, 5.74) is 7.78. The van der Waals surface area contributed by atoms with Crippen LogP contribution in [0.3, 0.4) is 0 Å². The highest BCUT2D eigenvalue weighted by Crippen LogP contribution is 2.32. The molecule has 1 aliphatic heterocycles. The van der Waals surface area contributed by atoms with Crippen LogP contribution in [0.25, 0.3) is 0 Å². The molecule has 3 N–H and O–H groups in total. The van der Waals surface area contributed by atoms with E-state index in [2.05, 4.69) is 41.4 Å². The van der Waals surface area contributed by atoms with Gasteiger partial charge in [0.2, 0.25) is 5.91 Å². The van der Waals surface area contributed by atoms with Crippen molar-refractivity contribution < 1.29 is 4.79 Å². The Hall–Kier alpha value is -1.39. The summed E-state index contributed by atoms with van der Waals surface area (Å²) in [5, 5.41) is 2.93. The van der Waals surface area contributed by atoms with Crippen molar-refractivity contribution in [1.82, 2.24) is 10.2 Å². The number of carbonyl (C=O) groups excluding carboxylic acids is 1. The molecule has 120 valence electrons. The van der Waals surface area contributed by atoms with E-state index in [9.17, 15) is 4.79 Å². The van der Waals surface area contributed by atoms with Crippen molar-refractivity contribution in [1.29, 1.82) is 0 Å². The summed E-state index contributed by atoms with van der Waals surface area (Å²) in [4.78, 5) is 14.4. The van der Waals surface area contributed by atoms with E-state index in [1.54, 1.807) is 0 Å². The number of nitrogens with two attached hydrogens (primary N) is 1. The van der Waals surface area contributed by atoms with Crippen LogP contribution in [0.5, 0.6) is 0 Å². The van der Waals surface area contributed by atoms with Crippen molar-refractivity contribution in [3.05, 3.63) is 35.4 Å². The summed E-state index contributed by atoms with van der Waals surface area (Å²) >= 11 is 0. The van der Waals surface area contributed by atoms with E-state index in [1.807, 2.05) is 0 Å². The summed E-state index contributed by atoms with van der Waals surface area (Å²) < 4.78 is 0. The molecule has 4 heteroatoms. The average molecular weight is 301 g/mol. The number of piperidine rings is 1. The average Bonchev–Trinajstić information content (AvgIpc) is 3.25. The lowest BCUT2D eigenvalue weighted by molar-refractivity contribution is -0.123. The maximum atomic E-state index is 11.8. The third kappa shape index (κ3) is 3.87. The molecule has 0 radical (unpaired) electrons. The highest BCUT2D eigenvalue weighted by Gasteiger charge is 2.45. The van der Waals surface area contributed by atoms with Crippen LogP contribution in [-0.4, -0.2) is 29.4 Å². The predicted molar refractivity (Wildman–Crippen MR) is 88.1 cm³/mol. The van der Waals surface area contributed by atoms with Crippen molar-refractivity contribution in [2.45, 2.75) is 51.2 Å². The number of nitrogens with zero attached hydrogens (tertiary/aromatic N) is 1. The minimum atomic E-state index is -0.578. The number of likely N-dealkylation sites (tertiary alicyclic amines) is 1. The SMILES string of the molecule is CC1CCCN(Cc2ccc(CNC(=O)C3(N)CC3)cc2)C1. The molecule has 2 fully saturated rings. The molecule has 1 aromatic carbocycles. The molecule has 1 amide bonds. The van der Waals surface area contributed by atoms with Crippen LogP contribution >= 0.6 is 0 Å². The number of benzene rings is 1. The number of carbonyl (C=O) groups is 1. The number of amides is 1. The predicted octanol–water partition coefficient (Wildman–Crippen LogP) is 2.03. The summed E-state index contributed by atoms with van der Waals surface area (Å²) in [6.07, 6.45) is 4.29. The zero-order valence-corrected chi connectivity index (χ0v) is 13.5. The first-order chi connectivity index (χ1) is 10.5. The van der Waals surface area contributed by atoms with Gasteiger partial charge < -0.3 is 11.1 Å². The molecule has 1 saturated carbocycles. The quantitative estimate of drug-likeness (QED) is 0.875. The molecule has 0 spiro atoms. The van der Waals surface area contributed by atoms with Gasteiger partial charge in [0.25, 0.3) is 0 Å². The van der Waals surface area contributed by atoms with Gasteiger partial charge in [-0.2, -0.15) is 0 Å². The van der Waals surface area contributed by atoms with Gasteiger partial charge in [-0.05, 0) is 49.3 Å². The van der Waals surface area contributed by atoms with Crippen molar-refractivity contribution in [3.63, 3.8) is 0 Å². The zero-order chi connectivity index (χ0) is 15.6. The third-order valence-corrected chi connectivity index (χ3v) is 4.86. The molecule has 2 aliphatic rings. The molecule has 1 aliphatic carbocycles. The maximum Gasteiger partial charge on any atom is 0.240 e. The summed E-state index contributed by atoms with van der Waals surface area (Å²) in [5.74, 6) is 0.799. The first-order valence-corrected chi connectivity index (χ1v) is 8.42. The fourth-order valence-corrected chi connectivity index (χ4v) is 3.17. The third-order valence-electron chi connectivity index (χ3n) is 4.86. The fraction of sp³-hybridized carbons (Fsp3) is 0.611. The Morgan fingerprint density at radius 1 is 1.32 bits per heavy atom. The molecule has 1 atom stereocenters. The second-order valence-electron chi connectivity index (χ2n) is 7.14. The monoisotopic (exact) mass is 301 g/mol. The van der Waals surface area contributed by atoms with Crippen molar-refractivity contribution in [2.75, 3.05) is 13.1 Å². The second kappa shape index (κ2) is 6.39. The normalized spacial score (nSPS) is 24.0. The van der Waals surface area contributed by atoms with E-state index >= 15 is 0 Å².